The van der Waals surface area contributed by atoms with E-state index < -0.39 is 12.1 Å². The fourth-order valence-corrected chi connectivity index (χ4v) is 3.03. The van der Waals surface area contributed by atoms with E-state index in [1.165, 1.54) is 32.2 Å². The number of aliphatic carboxylic acids is 1. The second-order valence-electron chi connectivity index (χ2n) is 5.35. The van der Waals surface area contributed by atoms with Crippen LogP contribution >= 0.6 is 0 Å². The van der Waals surface area contributed by atoms with Crippen molar-refractivity contribution in [1.29, 1.82) is 0 Å². The summed E-state index contributed by atoms with van der Waals surface area (Å²) in [6.45, 7) is 2.28. The van der Waals surface area contributed by atoms with Crippen molar-refractivity contribution in [2.45, 2.75) is 44.3 Å². The summed E-state index contributed by atoms with van der Waals surface area (Å²) in [5, 5.41) is 10.6. The molecule has 2 N–H and O–H groups in total. The standard InChI is InChI=1S/C13H17N.C2HF3O2/c1-3-10-4-2-6-12-9-14-8-7-11(5-1)13(10)12;3-2(4,5)1(6)7/h2,4,6,11,14H,1,3,5,7-9H2;(H,6,7). The van der Waals surface area contributed by atoms with Gasteiger partial charge in [0.2, 0.25) is 0 Å². The Morgan fingerprint density at radius 1 is 1.24 bits per heavy atom. The second-order valence-corrected chi connectivity index (χ2v) is 5.35. The molecule has 0 radical (unpaired) electrons. The predicted molar refractivity (Wildman–Crippen MR) is 72.1 cm³/mol. The number of carbonyl (C=O) groups is 1. The van der Waals surface area contributed by atoms with Crippen LogP contribution < -0.4 is 5.32 Å². The summed E-state index contributed by atoms with van der Waals surface area (Å²) in [4.78, 5) is 8.90. The Hall–Kier alpha value is -1.56. The first-order chi connectivity index (χ1) is 9.89. The zero-order valence-electron chi connectivity index (χ0n) is 11.5. The van der Waals surface area contributed by atoms with Crippen molar-refractivity contribution in [3.8, 4) is 0 Å². The first kappa shape index (κ1) is 15.8. The molecule has 1 aliphatic heterocycles. The molecule has 1 aliphatic carbocycles. The summed E-state index contributed by atoms with van der Waals surface area (Å²) in [6.07, 6.45) is 0.358. The lowest BCUT2D eigenvalue weighted by Gasteiger charge is -2.25. The van der Waals surface area contributed by atoms with E-state index >= 15 is 0 Å². The van der Waals surface area contributed by atoms with Gasteiger partial charge >= 0.3 is 12.1 Å². The molecule has 0 saturated carbocycles. The highest BCUT2D eigenvalue weighted by Crippen LogP contribution is 2.37. The second kappa shape index (κ2) is 6.47. The minimum Gasteiger partial charge on any atom is -0.475 e. The van der Waals surface area contributed by atoms with E-state index in [-0.39, 0.29) is 0 Å². The molecule has 1 aromatic rings. The monoisotopic (exact) mass is 301 g/mol. The van der Waals surface area contributed by atoms with Crippen molar-refractivity contribution in [2.75, 3.05) is 6.54 Å². The normalized spacial score (nSPS) is 20.6. The van der Waals surface area contributed by atoms with Crippen LogP contribution in [-0.4, -0.2) is 23.8 Å². The Bertz CT molecular complexity index is 514. The Kier molecular flexibility index (Phi) is 4.88. The minimum atomic E-state index is -5.08. The Morgan fingerprint density at radius 2 is 1.90 bits per heavy atom. The molecule has 2 aliphatic rings. The van der Waals surface area contributed by atoms with Crippen molar-refractivity contribution in [3.63, 3.8) is 0 Å². The molecule has 0 aromatic heterocycles. The first-order valence-electron chi connectivity index (χ1n) is 7.01. The summed E-state index contributed by atoms with van der Waals surface area (Å²) in [5.74, 6) is -1.91. The Balaban J connectivity index is 0.000000199. The molecule has 116 valence electrons. The van der Waals surface area contributed by atoms with E-state index in [9.17, 15) is 13.2 Å². The lowest BCUT2D eigenvalue weighted by Crippen LogP contribution is -2.21. The molecule has 3 rings (SSSR count). The number of halogens is 3. The third-order valence-electron chi connectivity index (χ3n) is 3.92. The SMILES string of the molecule is O=C(O)C(F)(F)F.c1cc2c3c(c1)CNCCC3CCC2. The summed E-state index contributed by atoms with van der Waals surface area (Å²) in [5.41, 5.74) is 4.89. The molecule has 0 amide bonds. The number of alkyl halides is 3. The van der Waals surface area contributed by atoms with E-state index in [1.54, 1.807) is 16.7 Å². The van der Waals surface area contributed by atoms with Crippen LogP contribution in [0.25, 0.3) is 0 Å². The predicted octanol–water partition coefficient (Wildman–Crippen LogP) is 3.23. The van der Waals surface area contributed by atoms with Gasteiger partial charge in [-0.3, -0.25) is 0 Å². The highest BCUT2D eigenvalue weighted by Gasteiger charge is 2.38. The van der Waals surface area contributed by atoms with Gasteiger partial charge in [-0.15, -0.1) is 0 Å². The van der Waals surface area contributed by atoms with E-state index in [0.29, 0.717) is 0 Å². The van der Waals surface area contributed by atoms with Crippen molar-refractivity contribution >= 4 is 5.97 Å². The lowest BCUT2D eigenvalue weighted by molar-refractivity contribution is -0.192. The van der Waals surface area contributed by atoms with E-state index in [0.717, 1.165) is 12.5 Å². The van der Waals surface area contributed by atoms with E-state index in [4.69, 9.17) is 9.90 Å². The van der Waals surface area contributed by atoms with Gasteiger partial charge in [0, 0.05) is 6.54 Å². The number of carboxylic acids is 1. The van der Waals surface area contributed by atoms with Crippen LogP contribution in [0.5, 0.6) is 0 Å². The molecule has 0 fully saturated rings. The van der Waals surface area contributed by atoms with Gasteiger partial charge < -0.3 is 10.4 Å². The van der Waals surface area contributed by atoms with Crippen LogP contribution in [0.3, 0.4) is 0 Å². The number of hydrogen-bond acceptors (Lipinski definition) is 2. The van der Waals surface area contributed by atoms with Crippen molar-refractivity contribution in [3.05, 3.63) is 34.9 Å². The lowest BCUT2D eigenvalue weighted by atomic mass is 9.79. The molecule has 1 heterocycles. The molecule has 1 atom stereocenters. The van der Waals surface area contributed by atoms with Gasteiger partial charge in [-0.25, -0.2) is 4.79 Å². The van der Waals surface area contributed by atoms with Crippen LogP contribution in [0.15, 0.2) is 18.2 Å². The number of benzene rings is 1. The highest BCUT2D eigenvalue weighted by atomic mass is 19.4. The quantitative estimate of drug-likeness (QED) is 0.773. The third kappa shape index (κ3) is 3.97. The summed E-state index contributed by atoms with van der Waals surface area (Å²) >= 11 is 0. The number of aryl methyl sites for hydroxylation is 1. The van der Waals surface area contributed by atoms with Crippen molar-refractivity contribution in [1.82, 2.24) is 5.32 Å². The van der Waals surface area contributed by atoms with Gasteiger partial charge in [0.15, 0.2) is 0 Å². The van der Waals surface area contributed by atoms with Gasteiger partial charge in [0.25, 0.3) is 0 Å². The van der Waals surface area contributed by atoms with Crippen LogP contribution in [-0.2, 0) is 17.8 Å². The molecule has 6 heteroatoms. The smallest absolute Gasteiger partial charge is 0.475 e. The molecule has 1 unspecified atom stereocenters. The zero-order chi connectivity index (χ0) is 15.5. The van der Waals surface area contributed by atoms with Crippen LogP contribution in [0.2, 0.25) is 0 Å². The molecule has 1 aromatic carbocycles. The van der Waals surface area contributed by atoms with Gasteiger partial charge in [-0.05, 0) is 54.8 Å². The molecule has 3 nitrogen and oxygen atoms in total. The van der Waals surface area contributed by atoms with Crippen LogP contribution in [0.1, 0.15) is 41.9 Å². The zero-order valence-corrected chi connectivity index (χ0v) is 11.5. The Morgan fingerprint density at radius 3 is 2.57 bits per heavy atom. The highest BCUT2D eigenvalue weighted by molar-refractivity contribution is 5.73. The molecule has 0 saturated heterocycles. The average molecular weight is 301 g/mol. The molecule has 21 heavy (non-hydrogen) atoms. The largest absolute Gasteiger partial charge is 0.490 e. The maximum Gasteiger partial charge on any atom is 0.490 e. The fourth-order valence-electron chi connectivity index (χ4n) is 3.03. The number of carboxylic acid groups (broad SMARTS) is 1. The van der Waals surface area contributed by atoms with Gasteiger partial charge in [0.1, 0.15) is 0 Å². The van der Waals surface area contributed by atoms with Gasteiger partial charge in [0.05, 0.1) is 0 Å². The fraction of sp³-hybridized carbons (Fsp3) is 0.533. The third-order valence-corrected chi connectivity index (χ3v) is 3.92. The topological polar surface area (TPSA) is 49.3 Å². The van der Waals surface area contributed by atoms with Crippen molar-refractivity contribution in [2.24, 2.45) is 0 Å². The number of nitrogens with one attached hydrogen (secondary N) is 1. The molecule has 0 bridgehead atoms. The summed E-state index contributed by atoms with van der Waals surface area (Å²) in [7, 11) is 0. The van der Waals surface area contributed by atoms with Crippen LogP contribution in [0, 0.1) is 0 Å². The summed E-state index contributed by atoms with van der Waals surface area (Å²) < 4.78 is 31.7. The number of hydrogen-bond donors (Lipinski definition) is 2. The van der Waals surface area contributed by atoms with Gasteiger partial charge in [-0.1, -0.05) is 18.2 Å². The van der Waals surface area contributed by atoms with Crippen molar-refractivity contribution < 1.29 is 23.1 Å². The van der Waals surface area contributed by atoms with E-state index in [1.807, 2.05) is 0 Å². The summed E-state index contributed by atoms with van der Waals surface area (Å²) in [6, 6.07) is 6.86. The first-order valence-corrected chi connectivity index (χ1v) is 7.01. The van der Waals surface area contributed by atoms with E-state index in [2.05, 4.69) is 23.5 Å². The average Bonchev–Trinajstić information content (AvgIpc) is 2.63. The van der Waals surface area contributed by atoms with Gasteiger partial charge in [-0.2, -0.15) is 13.2 Å². The molecular weight excluding hydrogens is 283 g/mol. The molecule has 0 spiro atoms. The maximum absolute atomic E-state index is 10.6. The van der Waals surface area contributed by atoms with Crippen LogP contribution in [0.4, 0.5) is 13.2 Å². The Labute approximate surface area is 121 Å². The minimum absolute atomic E-state index is 0.852. The number of rotatable bonds is 0. The molecular formula is C15H18F3NO2. The maximum atomic E-state index is 10.6.